The second-order valence-electron chi connectivity index (χ2n) is 9.81. The van der Waals surface area contributed by atoms with Gasteiger partial charge in [-0.25, -0.2) is 4.98 Å². The van der Waals surface area contributed by atoms with Crippen molar-refractivity contribution in [3.05, 3.63) is 75.7 Å². The Balaban J connectivity index is 1.92. The van der Waals surface area contributed by atoms with Gasteiger partial charge in [0.2, 0.25) is 5.91 Å². The fourth-order valence-corrected chi connectivity index (χ4v) is 3.85. The predicted molar refractivity (Wildman–Crippen MR) is 152 cm³/mol. The van der Waals surface area contributed by atoms with Crippen LogP contribution in [0.25, 0.3) is 11.3 Å². The molecule has 0 aliphatic rings. The number of oxime groups is 1. The number of nitrogens with two attached hydrogens (primary N) is 1. The molecular weight excluding hydrogens is 498 g/mol. The molecule has 0 radical (unpaired) electrons. The summed E-state index contributed by atoms with van der Waals surface area (Å²) >= 11 is 0. The summed E-state index contributed by atoms with van der Waals surface area (Å²) in [6.45, 7) is 9.10. The first kappa shape index (κ1) is 28.9. The van der Waals surface area contributed by atoms with Crippen molar-refractivity contribution in [1.82, 2.24) is 20.2 Å². The van der Waals surface area contributed by atoms with Crippen molar-refractivity contribution in [1.29, 1.82) is 0 Å². The number of benzene rings is 2. The molecule has 6 N–H and O–H groups in total. The minimum atomic E-state index is -0.477. The first-order valence-corrected chi connectivity index (χ1v) is 12.6. The van der Waals surface area contributed by atoms with Crippen LogP contribution in [0.3, 0.4) is 0 Å². The third-order valence-electron chi connectivity index (χ3n) is 5.73. The van der Waals surface area contributed by atoms with Gasteiger partial charge in [0, 0.05) is 35.4 Å². The van der Waals surface area contributed by atoms with E-state index in [9.17, 15) is 14.4 Å². The van der Waals surface area contributed by atoms with Gasteiger partial charge in [0.1, 0.15) is 6.54 Å². The highest BCUT2D eigenvalue weighted by molar-refractivity contribution is 5.98. The van der Waals surface area contributed by atoms with Crippen LogP contribution in [0.4, 0.5) is 11.5 Å². The van der Waals surface area contributed by atoms with Crippen LogP contribution in [0.1, 0.15) is 56.1 Å². The second-order valence-corrected chi connectivity index (χ2v) is 9.81. The lowest BCUT2D eigenvalue weighted by atomic mass is 10.1. The topological polar surface area (TPSA) is 164 Å². The molecule has 0 spiro atoms. The van der Waals surface area contributed by atoms with Crippen LogP contribution in [-0.4, -0.2) is 44.4 Å². The first-order valence-electron chi connectivity index (χ1n) is 12.6. The van der Waals surface area contributed by atoms with Crippen molar-refractivity contribution >= 4 is 29.0 Å². The molecule has 0 saturated carbocycles. The number of nitrogens with one attached hydrogen (secondary N) is 3. The van der Waals surface area contributed by atoms with Crippen LogP contribution in [0.15, 0.2) is 58.6 Å². The van der Waals surface area contributed by atoms with Crippen molar-refractivity contribution < 1.29 is 14.8 Å². The third-order valence-corrected chi connectivity index (χ3v) is 5.73. The maximum absolute atomic E-state index is 13.4. The van der Waals surface area contributed by atoms with Crippen LogP contribution in [0.5, 0.6) is 0 Å². The largest absolute Gasteiger partial charge is 0.411 e. The standard InChI is InChI=1S/C28H35N7O4/c1-16(2)32-26-28(38)35(15-25(36)30-13-19-6-8-20(9-7-19)18(5)34-39)24(14-31-26)21-10-22(12-23(29)11-21)27(37)33-17(3)4/h6-12,14,16-17,39H,13,15,29H2,1-5H3,(H,30,36)(H,31,32)(H,33,37)/b34-18-. The average molecular weight is 534 g/mol. The molecule has 0 aliphatic heterocycles. The highest BCUT2D eigenvalue weighted by Gasteiger charge is 2.18. The Kier molecular flexibility index (Phi) is 9.43. The van der Waals surface area contributed by atoms with Crippen LogP contribution in [-0.2, 0) is 17.9 Å². The molecule has 0 unspecified atom stereocenters. The van der Waals surface area contributed by atoms with Crippen molar-refractivity contribution in [3.8, 4) is 11.3 Å². The fourth-order valence-electron chi connectivity index (χ4n) is 3.85. The maximum Gasteiger partial charge on any atom is 0.294 e. The van der Waals surface area contributed by atoms with E-state index in [1.165, 1.54) is 10.8 Å². The molecule has 11 nitrogen and oxygen atoms in total. The Morgan fingerprint density at radius 2 is 1.74 bits per heavy atom. The van der Waals surface area contributed by atoms with Crippen LogP contribution in [0.2, 0.25) is 0 Å². The predicted octanol–water partition coefficient (Wildman–Crippen LogP) is 2.97. The van der Waals surface area contributed by atoms with Crippen molar-refractivity contribution in [3.63, 3.8) is 0 Å². The zero-order valence-corrected chi connectivity index (χ0v) is 22.8. The van der Waals surface area contributed by atoms with Gasteiger partial charge in [0.15, 0.2) is 5.82 Å². The summed E-state index contributed by atoms with van der Waals surface area (Å²) in [5.41, 5.74) is 9.18. The van der Waals surface area contributed by atoms with E-state index >= 15 is 0 Å². The van der Waals surface area contributed by atoms with Crippen LogP contribution in [0, 0.1) is 0 Å². The third kappa shape index (κ3) is 7.67. The SMILES string of the molecule is C/C(=N/O)c1ccc(CNC(=O)Cn2c(-c3cc(N)cc(C(=O)NC(C)C)c3)cnc(NC(C)C)c2=O)cc1. The van der Waals surface area contributed by atoms with E-state index in [1.807, 2.05) is 39.8 Å². The zero-order valence-electron chi connectivity index (χ0n) is 22.8. The van der Waals surface area contributed by atoms with E-state index in [0.29, 0.717) is 28.2 Å². The molecule has 0 bridgehead atoms. The van der Waals surface area contributed by atoms with E-state index in [2.05, 4.69) is 26.1 Å². The Morgan fingerprint density at radius 1 is 1.05 bits per heavy atom. The van der Waals surface area contributed by atoms with Gasteiger partial charge in [-0.3, -0.25) is 19.0 Å². The van der Waals surface area contributed by atoms with Gasteiger partial charge in [-0.1, -0.05) is 29.4 Å². The number of hydrogen-bond acceptors (Lipinski definition) is 8. The van der Waals surface area contributed by atoms with Gasteiger partial charge in [0.05, 0.1) is 17.6 Å². The number of nitrogen functional groups attached to an aromatic ring is 1. The molecule has 39 heavy (non-hydrogen) atoms. The fraction of sp³-hybridized carbons (Fsp3) is 0.321. The molecule has 1 heterocycles. The van der Waals surface area contributed by atoms with Gasteiger partial charge in [-0.15, -0.1) is 0 Å². The summed E-state index contributed by atoms with van der Waals surface area (Å²) in [5, 5.41) is 20.8. The van der Waals surface area contributed by atoms with E-state index < -0.39 is 5.56 Å². The molecule has 0 atom stereocenters. The molecule has 2 amide bonds. The molecule has 11 heteroatoms. The van der Waals surface area contributed by atoms with Gasteiger partial charge >= 0.3 is 0 Å². The summed E-state index contributed by atoms with van der Waals surface area (Å²) in [6, 6.07) is 11.9. The Hall–Kier alpha value is -4.67. The molecule has 206 valence electrons. The molecule has 3 rings (SSSR count). The summed E-state index contributed by atoms with van der Waals surface area (Å²) in [5.74, 6) is -0.582. The Morgan fingerprint density at radius 3 is 2.36 bits per heavy atom. The molecule has 0 aliphatic carbocycles. The average Bonchev–Trinajstić information content (AvgIpc) is 2.88. The highest BCUT2D eigenvalue weighted by Crippen LogP contribution is 2.23. The van der Waals surface area contributed by atoms with E-state index in [4.69, 9.17) is 10.9 Å². The first-order chi connectivity index (χ1) is 18.5. The second kappa shape index (κ2) is 12.7. The number of aromatic nitrogens is 2. The summed E-state index contributed by atoms with van der Waals surface area (Å²) in [4.78, 5) is 43.3. The molecule has 1 aromatic heterocycles. The number of hydrogen-bond donors (Lipinski definition) is 5. The van der Waals surface area contributed by atoms with Gasteiger partial charge in [0.25, 0.3) is 11.5 Å². The lowest BCUT2D eigenvalue weighted by Gasteiger charge is -2.17. The zero-order chi connectivity index (χ0) is 28.7. The van der Waals surface area contributed by atoms with Crippen molar-refractivity contribution in [2.45, 2.75) is 59.8 Å². The number of rotatable bonds is 10. The highest BCUT2D eigenvalue weighted by atomic mass is 16.4. The minimum Gasteiger partial charge on any atom is -0.411 e. The monoisotopic (exact) mass is 533 g/mol. The van der Waals surface area contributed by atoms with Crippen LogP contribution < -0.4 is 27.2 Å². The number of nitrogens with zero attached hydrogens (tertiary/aromatic N) is 3. The summed E-state index contributed by atoms with van der Waals surface area (Å²) in [7, 11) is 0. The summed E-state index contributed by atoms with van der Waals surface area (Å²) < 4.78 is 1.32. The van der Waals surface area contributed by atoms with Gasteiger partial charge in [-0.05, 0) is 63.9 Å². The molecule has 3 aromatic rings. The lowest BCUT2D eigenvalue weighted by molar-refractivity contribution is -0.121. The molecule has 2 aromatic carbocycles. The van der Waals surface area contributed by atoms with E-state index in [-0.39, 0.29) is 42.8 Å². The van der Waals surface area contributed by atoms with Crippen molar-refractivity contribution in [2.75, 3.05) is 11.1 Å². The van der Waals surface area contributed by atoms with Crippen molar-refractivity contribution in [2.24, 2.45) is 5.16 Å². The normalized spacial score (nSPS) is 11.5. The Bertz CT molecular complexity index is 1430. The number of amides is 2. The van der Waals surface area contributed by atoms with E-state index in [1.54, 1.807) is 37.3 Å². The smallest absolute Gasteiger partial charge is 0.294 e. The number of carbonyl (C=O) groups excluding carboxylic acids is 2. The molecule has 0 saturated heterocycles. The minimum absolute atomic E-state index is 0.0560. The number of anilines is 2. The molecular formula is C28H35N7O4. The maximum atomic E-state index is 13.4. The summed E-state index contributed by atoms with van der Waals surface area (Å²) in [6.07, 6.45) is 1.49. The number of carbonyl (C=O) groups is 2. The van der Waals surface area contributed by atoms with Crippen LogP contribution >= 0.6 is 0 Å². The lowest BCUT2D eigenvalue weighted by Crippen LogP contribution is -2.35. The van der Waals surface area contributed by atoms with E-state index in [0.717, 1.165) is 11.1 Å². The van der Waals surface area contributed by atoms with Gasteiger partial charge in [-0.2, -0.15) is 0 Å². The Labute approximate surface area is 227 Å². The molecule has 0 fully saturated rings. The van der Waals surface area contributed by atoms with Gasteiger partial charge < -0.3 is 26.9 Å². The quantitative estimate of drug-likeness (QED) is 0.116.